The van der Waals surface area contributed by atoms with Crippen LogP contribution in [0.1, 0.15) is 20.3 Å². The SMILES string of the molecule is CCO[SiH](CCC(=S)OC)OCC. The number of thiocarbonyl (C=S) groups is 1. The summed E-state index contributed by atoms with van der Waals surface area (Å²) in [6, 6.07) is 0.897. The van der Waals surface area contributed by atoms with Crippen molar-refractivity contribution >= 4 is 26.6 Å². The summed E-state index contributed by atoms with van der Waals surface area (Å²) in [4.78, 5) is 0. The van der Waals surface area contributed by atoms with E-state index in [1.165, 1.54) is 0 Å². The van der Waals surface area contributed by atoms with Crippen LogP contribution in [0.15, 0.2) is 0 Å². The molecule has 0 amide bonds. The smallest absolute Gasteiger partial charge is 0.321 e. The van der Waals surface area contributed by atoms with Crippen LogP contribution in [0.5, 0.6) is 0 Å². The van der Waals surface area contributed by atoms with Gasteiger partial charge in [-0.15, -0.1) is 0 Å². The number of hydrogen-bond acceptors (Lipinski definition) is 4. The van der Waals surface area contributed by atoms with E-state index in [9.17, 15) is 0 Å². The van der Waals surface area contributed by atoms with Gasteiger partial charge in [-0.25, -0.2) is 0 Å². The maximum absolute atomic E-state index is 5.48. The zero-order valence-corrected chi connectivity index (χ0v) is 10.5. The monoisotopic (exact) mass is 222 g/mol. The predicted octanol–water partition coefficient (Wildman–Crippen LogP) is 1.64. The van der Waals surface area contributed by atoms with Gasteiger partial charge in [0.1, 0.15) is 0 Å². The summed E-state index contributed by atoms with van der Waals surface area (Å²) in [7, 11) is 0.126. The molecule has 0 aliphatic carbocycles. The van der Waals surface area contributed by atoms with Crippen LogP contribution in [0.2, 0.25) is 6.04 Å². The fourth-order valence-electron chi connectivity index (χ4n) is 0.924. The Morgan fingerprint density at radius 3 is 2.15 bits per heavy atom. The average molecular weight is 222 g/mol. The summed E-state index contributed by atoms with van der Waals surface area (Å²) in [6.07, 6.45) is 0.767. The van der Waals surface area contributed by atoms with Gasteiger partial charge in [0.15, 0.2) is 5.05 Å². The summed E-state index contributed by atoms with van der Waals surface area (Å²) >= 11 is 4.93. The molecule has 0 heterocycles. The van der Waals surface area contributed by atoms with E-state index in [1.807, 2.05) is 13.8 Å². The fraction of sp³-hybridized carbons (Fsp3) is 0.875. The van der Waals surface area contributed by atoms with Crippen LogP contribution < -0.4 is 0 Å². The molecule has 0 atom stereocenters. The van der Waals surface area contributed by atoms with Crippen molar-refractivity contribution in [3.8, 4) is 0 Å². The second kappa shape index (κ2) is 8.62. The topological polar surface area (TPSA) is 27.7 Å². The third-order valence-corrected chi connectivity index (χ3v) is 4.06. The molecule has 13 heavy (non-hydrogen) atoms. The van der Waals surface area contributed by atoms with Gasteiger partial charge >= 0.3 is 9.28 Å². The molecule has 0 saturated heterocycles. The van der Waals surface area contributed by atoms with Crippen molar-refractivity contribution in [2.24, 2.45) is 0 Å². The lowest BCUT2D eigenvalue weighted by Gasteiger charge is -2.14. The Hall–Kier alpha value is 0.0269. The van der Waals surface area contributed by atoms with Crippen LogP contribution >= 0.6 is 12.2 Å². The Morgan fingerprint density at radius 2 is 1.77 bits per heavy atom. The quantitative estimate of drug-likeness (QED) is 0.483. The molecule has 0 radical (unpaired) electrons. The summed E-state index contributed by atoms with van der Waals surface area (Å²) < 4.78 is 15.9. The van der Waals surface area contributed by atoms with E-state index in [1.54, 1.807) is 7.11 Å². The van der Waals surface area contributed by atoms with Gasteiger partial charge in [0, 0.05) is 19.6 Å². The van der Waals surface area contributed by atoms with Gasteiger partial charge in [-0.2, -0.15) is 0 Å². The molecule has 0 aromatic heterocycles. The summed E-state index contributed by atoms with van der Waals surface area (Å²) in [5.41, 5.74) is 0. The molecule has 0 rings (SSSR count). The Bertz CT molecular complexity index is 137. The summed E-state index contributed by atoms with van der Waals surface area (Å²) in [5, 5.41) is 0.636. The Kier molecular flexibility index (Phi) is 8.64. The van der Waals surface area contributed by atoms with Crippen molar-refractivity contribution in [2.45, 2.75) is 26.3 Å². The molecule has 0 fully saturated rings. The van der Waals surface area contributed by atoms with E-state index in [4.69, 9.17) is 25.8 Å². The van der Waals surface area contributed by atoms with Crippen molar-refractivity contribution in [3.05, 3.63) is 0 Å². The molecule has 0 unspecified atom stereocenters. The molecule has 0 saturated carbocycles. The standard InChI is InChI=1S/C8H18O3SSi/c1-4-10-13(11-5-2)7-6-8(12)9-3/h13H,4-7H2,1-3H3. The Morgan fingerprint density at radius 1 is 1.23 bits per heavy atom. The molecule has 0 aromatic rings. The first-order valence-electron chi connectivity index (χ1n) is 4.54. The number of methoxy groups -OCH3 is 1. The lowest BCUT2D eigenvalue weighted by molar-refractivity contribution is 0.213. The van der Waals surface area contributed by atoms with E-state index >= 15 is 0 Å². The lowest BCUT2D eigenvalue weighted by Crippen LogP contribution is -2.23. The zero-order chi connectivity index (χ0) is 10.1. The van der Waals surface area contributed by atoms with Gasteiger partial charge in [0.2, 0.25) is 0 Å². The van der Waals surface area contributed by atoms with Crippen LogP contribution in [-0.2, 0) is 13.6 Å². The van der Waals surface area contributed by atoms with Crippen molar-refractivity contribution in [3.63, 3.8) is 0 Å². The molecule has 3 nitrogen and oxygen atoms in total. The molecule has 5 heteroatoms. The Labute approximate surface area is 87.2 Å². The normalized spacial score (nSPS) is 10.5. The zero-order valence-electron chi connectivity index (χ0n) is 8.54. The summed E-state index contributed by atoms with van der Waals surface area (Å²) in [5.74, 6) is 0. The van der Waals surface area contributed by atoms with Crippen molar-refractivity contribution in [1.29, 1.82) is 0 Å². The van der Waals surface area contributed by atoms with Gasteiger partial charge in [-0.05, 0) is 32.1 Å². The second-order valence-corrected chi connectivity index (χ2v) is 5.01. The van der Waals surface area contributed by atoms with Gasteiger partial charge in [-0.3, -0.25) is 0 Å². The highest BCUT2D eigenvalue weighted by molar-refractivity contribution is 7.80. The highest BCUT2D eigenvalue weighted by Crippen LogP contribution is 2.03. The van der Waals surface area contributed by atoms with E-state index in [-0.39, 0.29) is 0 Å². The maximum Gasteiger partial charge on any atom is 0.321 e. The van der Waals surface area contributed by atoms with Gasteiger partial charge in [-0.1, -0.05) is 0 Å². The third-order valence-electron chi connectivity index (χ3n) is 1.52. The van der Waals surface area contributed by atoms with Crippen LogP contribution in [0.25, 0.3) is 0 Å². The minimum absolute atomic E-state index is 0.636. The van der Waals surface area contributed by atoms with E-state index < -0.39 is 9.28 Å². The highest BCUT2D eigenvalue weighted by Gasteiger charge is 2.12. The first-order chi connectivity index (χ1) is 6.24. The largest absolute Gasteiger partial charge is 0.490 e. The van der Waals surface area contributed by atoms with Gasteiger partial charge in [0.25, 0.3) is 0 Å². The second-order valence-electron chi connectivity index (χ2n) is 2.46. The van der Waals surface area contributed by atoms with Crippen LogP contribution in [0, 0.1) is 0 Å². The third kappa shape index (κ3) is 7.13. The van der Waals surface area contributed by atoms with Crippen molar-refractivity contribution in [1.82, 2.24) is 0 Å². The van der Waals surface area contributed by atoms with Crippen molar-refractivity contribution < 1.29 is 13.6 Å². The molecule has 0 aliphatic heterocycles. The van der Waals surface area contributed by atoms with Crippen LogP contribution in [-0.4, -0.2) is 34.7 Å². The van der Waals surface area contributed by atoms with Gasteiger partial charge in [0.05, 0.1) is 7.11 Å². The molecule has 0 spiro atoms. The molecule has 0 aliphatic rings. The lowest BCUT2D eigenvalue weighted by atomic mass is 10.5. The molecular weight excluding hydrogens is 204 g/mol. The fourth-order valence-corrected chi connectivity index (χ4v) is 2.92. The van der Waals surface area contributed by atoms with Gasteiger partial charge < -0.3 is 13.6 Å². The van der Waals surface area contributed by atoms with E-state index in [2.05, 4.69) is 0 Å². The van der Waals surface area contributed by atoms with Crippen LogP contribution in [0.3, 0.4) is 0 Å². The minimum atomic E-state index is -1.47. The summed E-state index contributed by atoms with van der Waals surface area (Å²) in [6.45, 7) is 5.40. The molecule has 78 valence electrons. The number of ether oxygens (including phenoxy) is 1. The van der Waals surface area contributed by atoms with E-state index in [0.29, 0.717) is 5.05 Å². The number of rotatable bonds is 7. The molecular formula is C8H18O3SSi. The minimum Gasteiger partial charge on any atom is -0.490 e. The molecule has 0 bridgehead atoms. The first kappa shape index (κ1) is 13.0. The number of hydrogen-bond donors (Lipinski definition) is 0. The van der Waals surface area contributed by atoms with E-state index in [0.717, 1.165) is 25.7 Å². The molecule has 0 N–H and O–H groups in total. The predicted molar refractivity (Wildman–Crippen MR) is 59.4 cm³/mol. The average Bonchev–Trinajstić information content (AvgIpc) is 2.14. The van der Waals surface area contributed by atoms with Crippen molar-refractivity contribution in [2.75, 3.05) is 20.3 Å². The Balaban J connectivity index is 3.61. The highest BCUT2D eigenvalue weighted by atomic mass is 32.1. The van der Waals surface area contributed by atoms with Crippen LogP contribution in [0.4, 0.5) is 0 Å². The maximum atomic E-state index is 5.48. The first-order valence-corrected chi connectivity index (χ1v) is 6.71. The molecule has 0 aromatic carbocycles.